The smallest absolute Gasteiger partial charge is 0.232 e. The van der Waals surface area contributed by atoms with Crippen LogP contribution in [0.25, 0.3) is 0 Å². The zero-order valence-corrected chi connectivity index (χ0v) is 8.24. The molecule has 1 heterocycles. The Morgan fingerprint density at radius 2 is 2.23 bits per heavy atom. The van der Waals surface area contributed by atoms with Crippen molar-refractivity contribution in [2.24, 2.45) is 0 Å². The first kappa shape index (κ1) is 9.92. The second kappa shape index (κ2) is 4.77. The molecule has 0 bridgehead atoms. The highest BCUT2D eigenvalue weighted by Crippen LogP contribution is 2.03. The molecule has 0 aliphatic heterocycles. The molecule has 0 saturated carbocycles. The molecule has 0 aliphatic rings. The first-order valence-electron chi connectivity index (χ1n) is 4.30. The highest BCUT2D eigenvalue weighted by atomic mass is 16.5. The van der Waals surface area contributed by atoms with E-state index in [1.807, 2.05) is 0 Å². The predicted molar refractivity (Wildman–Crippen MR) is 50.6 cm³/mol. The normalized spacial score (nSPS) is 10.5. The molecular weight excluding hydrogens is 166 g/mol. The van der Waals surface area contributed by atoms with Crippen LogP contribution in [0.4, 0.5) is 0 Å². The Labute approximate surface area is 78.4 Å². The predicted octanol–water partition coefficient (Wildman–Crippen LogP) is 0.983. The third-order valence-electron chi connectivity index (χ3n) is 1.56. The summed E-state index contributed by atoms with van der Waals surface area (Å²) in [6.07, 6.45) is 3.33. The minimum atomic E-state index is 0.452. The third kappa shape index (κ3) is 3.38. The van der Waals surface area contributed by atoms with Crippen molar-refractivity contribution in [3.8, 4) is 5.88 Å². The van der Waals surface area contributed by atoms with E-state index in [1.54, 1.807) is 19.5 Å². The van der Waals surface area contributed by atoms with Gasteiger partial charge in [-0.25, -0.2) is 4.98 Å². The molecule has 1 aromatic rings. The second-order valence-electron chi connectivity index (χ2n) is 3.09. The summed E-state index contributed by atoms with van der Waals surface area (Å²) in [4.78, 5) is 8.22. The van der Waals surface area contributed by atoms with Crippen LogP contribution in [-0.4, -0.2) is 23.1 Å². The van der Waals surface area contributed by atoms with Crippen LogP contribution in [0.3, 0.4) is 0 Å². The average molecular weight is 181 g/mol. The fourth-order valence-electron chi connectivity index (χ4n) is 0.879. The van der Waals surface area contributed by atoms with Gasteiger partial charge in [-0.1, -0.05) is 13.8 Å². The van der Waals surface area contributed by atoms with Crippen molar-refractivity contribution < 1.29 is 4.74 Å². The van der Waals surface area contributed by atoms with Crippen LogP contribution in [0.1, 0.15) is 19.5 Å². The Balaban J connectivity index is 2.56. The molecule has 0 radical (unpaired) electrons. The molecule has 0 fully saturated rings. The van der Waals surface area contributed by atoms with Crippen LogP contribution >= 0.6 is 0 Å². The summed E-state index contributed by atoms with van der Waals surface area (Å²) >= 11 is 0. The van der Waals surface area contributed by atoms with Gasteiger partial charge in [0.2, 0.25) is 5.88 Å². The number of nitrogens with one attached hydrogen (secondary N) is 1. The van der Waals surface area contributed by atoms with Gasteiger partial charge in [-0.05, 0) is 0 Å². The van der Waals surface area contributed by atoms with Crippen LogP contribution in [0.15, 0.2) is 12.4 Å². The van der Waals surface area contributed by atoms with Gasteiger partial charge in [0, 0.05) is 18.8 Å². The van der Waals surface area contributed by atoms with E-state index >= 15 is 0 Å². The Morgan fingerprint density at radius 3 is 2.85 bits per heavy atom. The molecule has 0 atom stereocenters. The summed E-state index contributed by atoms with van der Waals surface area (Å²) in [7, 11) is 1.59. The molecule has 72 valence electrons. The number of hydrogen-bond acceptors (Lipinski definition) is 4. The lowest BCUT2D eigenvalue weighted by atomic mass is 10.3. The zero-order valence-electron chi connectivity index (χ0n) is 8.24. The van der Waals surface area contributed by atoms with E-state index in [-0.39, 0.29) is 0 Å². The molecule has 4 nitrogen and oxygen atoms in total. The molecule has 0 aromatic carbocycles. The number of methoxy groups -OCH3 is 1. The van der Waals surface area contributed by atoms with Gasteiger partial charge in [-0.2, -0.15) is 0 Å². The molecular formula is C9H15N3O. The van der Waals surface area contributed by atoms with E-state index in [0.29, 0.717) is 11.9 Å². The van der Waals surface area contributed by atoms with Gasteiger partial charge in [-0.15, -0.1) is 0 Å². The molecule has 0 unspecified atom stereocenters. The third-order valence-corrected chi connectivity index (χ3v) is 1.56. The lowest BCUT2D eigenvalue weighted by Gasteiger charge is -2.07. The first-order chi connectivity index (χ1) is 6.22. The number of ether oxygens (including phenoxy) is 1. The van der Waals surface area contributed by atoms with Gasteiger partial charge in [0.1, 0.15) is 0 Å². The molecule has 0 saturated heterocycles. The highest BCUT2D eigenvalue weighted by Gasteiger charge is 1.98. The topological polar surface area (TPSA) is 47.0 Å². The highest BCUT2D eigenvalue weighted by molar-refractivity contribution is 5.07. The lowest BCUT2D eigenvalue weighted by molar-refractivity contribution is 0.392. The van der Waals surface area contributed by atoms with Crippen molar-refractivity contribution >= 4 is 0 Å². The Bertz CT molecular complexity index is 263. The van der Waals surface area contributed by atoms with E-state index < -0.39 is 0 Å². The molecule has 0 spiro atoms. The van der Waals surface area contributed by atoms with Crippen molar-refractivity contribution in [1.82, 2.24) is 15.3 Å². The monoisotopic (exact) mass is 181 g/mol. The number of nitrogens with zero attached hydrogens (tertiary/aromatic N) is 2. The maximum atomic E-state index is 4.96. The molecule has 4 heteroatoms. The van der Waals surface area contributed by atoms with Crippen LogP contribution in [0.2, 0.25) is 0 Å². The summed E-state index contributed by atoms with van der Waals surface area (Å²) in [5, 5.41) is 3.26. The van der Waals surface area contributed by atoms with E-state index in [9.17, 15) is 0 Å². The molecule has 0 aliphatic carbocycles. The molecule has 13 heavy (non-hydrogen) atoms. The first-order valence-corrected chi connectivity index (χ1v) is 4.30. The minimum Gasteiger partial charge on any atom is -0.480 e. The van der Waals surface area contributed by atoms with E-state index in [4.69, 9.17) is 4.74 Å². The van der Waals surface area contributed by atoms with Gasteiger partial charge >= 0.3 is 0 Å². The summed E-state index contributed by atoms with van der Waals surface area (Å²) in [5.41, 5.74) is 0.896. The quantitative estimate of drug-likeness (QED) is 0.752. The maximum Gasteiger partial charge on any atom is 0.232 e. The fraction of sp³-hybridized carbons (Fsp3) is 0.556. The number of aromatic nitrogens is 2. The van der Waals surface area contributed by atoms with Crippen LogP contribution in [0.5, 0.6) is 5.88 Å². The zero-order chi connectivity index (χ0) is 9.68. The number of hydrogen-bond donors (Lipinski definition) is 1. The number of rotatable bonds is 4. The SMILES string of the molecule is COc1cncc(CNC(C)C)n1. The van der Waals surface area contributed by atoms with Crippen LogP contribution in [-0.2, 0) is 6.54 Å². The Hall–Kier alpha value is -1.16. The summed E-state index contributed by atoms with van der Waals surface area (Å²) < 4.78 is 4.96. The Kier molecular flexibility index (Phi) is 3.64. The summed E-state index contributed by atoms with van der Waals surface area (Å²) in [5.74, 6) is 0.558. The molecule has 1 N–H and O–H groups in total. The largest absolute Gasteiger partial charge is 0.480 e. The van der Waals surface area contributed by atoms with Crippen LogP contribution in [0, 0.1) is 0 Å². The van der Waals surface area contributed by atoms with E-state index in [1.165, 1.54) is 0 Å². The van der Waals surface area contributed by atoms with Gasteiger partial charge in [-0.3, -0.25) is 4.98 Å². The second-order valence-corrected chi connectivity index (χ2v) is 3.09. The van der Waals surface area contributed by atoms with Gasteiger partial charge in [0.15, 0.2) is 0 Å². The molecule has 1 aromatic heterocycles. The van der Waals surface area contributed by atoms with Gasteiger partial charge < -0.3 is 10.1 Å². The lowest BCUT2D eigenvalue weighted by Crippen LogP contribution is -2.22. The minimum absolute atomic E-state index is 0.452. The summed E-state index contributed by atoms with van der Waals surface area (Å²) in [6.45, 7) is 4.91. The molecule has 0 amide bonds. The Morgan fingerprint density at radius 1 is 1.46 bits per heavy atom. The van der Waals surface area contributed by atoms with Crippen molar-refractivity contribution in [1.29, 1.82) is 0 Å². The van der Waals surface area contributed by atoms with Crippen LogP contribution < -0.4 is 10.1 Å². The standard InChI is InChI=1S/C9H15N3O/c1-7(2)11-5-8-4-10-6-9(12-8)13-3/h4,6-7,11H,5H2,1-3H3. The summed E-state index contributed by atoms with van der Waals surface area (Å²) in [6, 6.07) is 0.452. The van der Waals surface area contributed by atoms with Crippen molar-refractivity contribution in [3.63, 3.8) is 0 Å². The van der Waals surface area contributed by atoms with Crippen molar-refractivity contribution in [2.75, 3.05) is 7.11 Å². The van der Waals surface area contributed by atoms with Gasteiger partial charge in [0.05, 0.1) is 19.0 Å². The maximum absolute atomic E-state index is 4.96. The fourth-order valence-corrected chi connectivity index (χ4v) is 0.879. The molecule has 1 rings (SSSR count). The van der Waals surface area contributed by atoms with E-state index in [2.05, 4.69) is 29.1 Å². The van der Waals surface area contributed by atoms with E-state index in [0.717, 1.165) is 12.2 Å². The van der Waals surface area contributed by atoms with Crippen molar-refractivity contribution in [2.45, 2.75) is 26.4 Å². The van der Waals surface area contributed by atoms with Crippen molar-refractivity contribution in [3.05, 3.63) is 18.1 Å². The average Bonchev–Trinajstić information content (AvgIpc) is 2.15. The van der Waals surface area contributed by atoms with Gasteiger partial charge in [0.25, 0.3) is 0 Å².